The molecule has 92 valence electrons. The first kappa shape index (κ1) is 12.4. The summed E-state index contributed by atoms with van der Waals surface area (Å²) in [6, 6.07) is 8.97. The Balaban J connectivity index is 2.31. The average molecular weight is 296 g/mol. The second-order valence-corrected chi connectivity index (χ2v) is 5.26. The van der Waals surface area contributed by atoms with Crippen LogP contribution in [0.15, 0.2) is 33.7 Å². The molecule has 0 aromatic heterocycles. The SMILES string of the molecule is CCC(C)N1C(N)=NCC1c1ccccc1Br. The van der Waals surface area contributed by atoms with Crippen LogP contribution in [0.25, 0.3) is 0 Å². The molecule has 2 atom stereocenters. The molecular formula is C13H18BrN3. The van der Waals surface area contributed by atoms with Gasteiger partial charge in [0.1, 0.15) is 0 Å². The van der Waals surface area contributed by atoms with Gasteiger partial charge in [-0.3, -0.25) is 4.99 Å². The molecule has 1 heterocycles. The maximum absolute atomic E-state index is 5.99. The summed E-state index contributed by atoms with van der Waals surface area (Å²) in [5.74, 6) is 0.667. The predicted molar refractivity (Wildman–Crippen MR) is 75.0 cm³/mol. The molecule has 4 heteroatoms. The fraction of sp³-hybridized carbons (Fsp3) is 0.462. The first-order valence-corrected chi connectivity index (χ1v) is 6.77. The van der Waals surface area contributed by atoms with Gasteiger partial charge in [0.15, 0.2) is 5.96 Å². The van der Waals surface area contributed by atoms with E-state index in [0.717, 1.165) is 17.4 Å². The van der Waals surface area contributed by atoms with Crippen LogP contribution in [-0.4, -0.2) is 23.4 Å². The van der Waals surface area contributed by atoms with Gasteiger partial charge in [-0.25, -0.2) is 0 Å². The van der Waals surface area contributed by atoms with Gasteiger partial charge in [0, 0.05) is 10.5 Å². The van der Waals surface area contributed by atoms with Crippen LogP contribution in [0.5, 0.6) is 0 Å². The topological polar surface area (TPSA) is 41.6 Å². The van der Waals surface area contributed by atoms with E-state index in [2.05, 4.69) is 57.9 Å². The fourth-order valence-electron chi connectivity index (χ4n) is 2.23. The summed E-state index contributed by atoms with van der Waals surface area (Å²) in [6.07, 6.45) is 1.07. The van der Waals surface area contributed by atoms with Crippen molar-refractivity contribution < 1.29 is 0 Å². The van der Waals surface area contributed by atoms with Gasteiger partial charge in [0.25, 0.3) is 0 Å². The van der Waals surface area contributed by atoms with Crippen LogP contribution in [0.3, 0.4) is 0 Å². The van der Waals surface area contributed by atoms with E-state index in [9.17, 15) is 0 Å². The highest BCUT2D eigenvalue weighted by Crippen LogP contribution is 2.32. The van der Waals surface area contributed by atoms with Crippen molar-refractivity contribution in [1.82, 2.24) is 4.90 Å². The molecule has 0 radical (unpaired) electrons. The summed E-state index contributed by atoms with van der Waals surface area (Å²) < 4.78 is 1.13. The van der Waals surface area contributed by atoms with E-state index in [1.165, 1.54) is 5.56 Å². The molecule has 1 aliphatic heterocycles. The van der Waals surface area contributed by atoms with Crippen LogP contribution in [0, 0.1) is 0 Å². The van der Waals surface area contributed by atoms with Gasteiger partial charge >= 0.3 is 0 Å². The molecule has 0 amide bonds. The number of nitrogens with two attached hydrogens (primary N) is 1. The maximum Gasteiger partial charge on any atom is 0.192 e. The van der Waals surface area contributed by atoms with Crippen LogP contribution in [0.4, 0.5) is 0 Å². The molecule has 0 bridgehead atoms. The van der Waals surface area contributed by atoms with Crippen molar-refractivity contribution in [3.63, 3.8) is 0 Å². The van der Waals surface area contributed by atoms with E-state index in [0.29, 0.717) is 12.0 Å². The molecule has 0 aliphatic carbocycles. The molecule has 0 spiro atoms. The zero-order valence-corrected chi connectivity index (χ0v) is 11.8. The Morgan fingerprint density at radius 3 is 2.88 bits per heavy atom. The van der Waals surface area contributed by atoms with Crippen molar-refractivity contribution in [3.05, 3.63) is 34.3 Å². The van der Waals surface area contributed by atoms with Crippen molar-refractivity contribution in [2.24, 2.45) is 10.7 Å². The second kappa shape index (κ2) is 5.08. The quantitative estimate of drug-likeness (QED) is 0.932. The summed E-state index contributed by atoms with van der Waals surface area (Å²) in [4.78, 5) is 6.61. The summed E-state index contributed by atoms with van der Waals surface area (Å²) in [7, 11) is 0. The van der Waals surface area contributed by atoms with Crippen LogP contribution in [0.2, 0.25) is 0 Å². The van der Waals surface area contributed by atoms with Gasteiger partial charge in [0.2, 0.25) is 0 Å². The Hall–Kier alpha value is -1.03. The smallest absolute Gasteiger partial charge is 0.192 e. The van der Waals surface area contributed by atoms with Gasteiger partial charge in [-0.2, -0.15) is 0 Å². The molecule has 1 aliphatic rings. The fourth-order valence-corrected chi connectivity index (χ4v) is 2.78. The monoisotopic (exact) mass is 295 g/mol. The molecule has 0 fully saturated rings. The van der Waals surface area contributed by atoms with Gasteiger partial charge in [0.05, 0.1) is 12.6 Å². The van der Waals surface area contributed by atoms with Gasteiger partial charge in [-0.1, -0.05) is 41.1 Å². The zero-order chi connectivity index (χ0) is 12.4. The van der Waals surface area contributed by atoms with E-state index < -0.39 is 0 Å². The van der Waals surface area contributed by atoms with Crippen molar-refractivity contribution in [3.8, 4) is 0 Å². The second-order valence-electron chi connectivity index (χ2n) is 4.40. The zero-order valence-electron chi connectivity index (χ0n) is 10.2. The minimum absolute atomic E-state index is 0.264. The van der Waals surface area contributed by atoms with Crippen molar-refractivity contribution >= 4 is 21.9 Å². The van der Waals surface area contributed by atoms with Crippen LogP contribution in [-0.2, 0) is 0 Å². The Morgan fingerprint density at radius 2 is 2.24 bits per heavy atom. The maximum atomic E-state index is 5.99. The molecule has 0 saturated heterocycles. The normalized spacial score (nSPS) is 21.5. The Morgan fingerprint density at radius 1 is 1.53 bits per heavy atom. The number of rotatable bonds is 3. The van der Waals surface area contributed by atoms with Crippen LogP contribution in [0.1, 0.15) is 31.9 Å². The molecular weight excluding hydrogens is 278 g/mol. The minimum atomic E-state index is 0.264. The van der Waals surface area contributed by atoms with Crippen molar-refractivity contribution in [2.45, 2.75) is 32.4 Å². The molecule has 1 aromatic rings. The molecule has 3 nitrogen and oxygen atoms in total. The molecule has 17 heavy (non-hydrogen) atoms. The largest absolute Gasteiger partial charge is 0.370 e. The van der Waals surface area contributed by atoms with Crippen LogP contribution < -0.4 is 5.73 Å². The summed E-state index contributed by atoms with van der Waals surface area (Å²) in [5, 5.41) is 0. The molecule has 0 saturated carbocycles. The molecule has 2 unspecified atom stereocenters. The average Bonchev–Trinajstić information content (AvgIpc) is 2.71. The number of benzene rings is 1. The first-order valence-electron chi connectivity index (χ1n) is 5.97. The third-order valence-corrected chi connectivity index (χ3v) is 4.08. The molecule has 1 aromatic carbocycles. The Kier molecular flexibility index (Phi) is 3.72. The van der Waals surface area contributed by atoms with E-state index >= 15 is 0 Å². The number of guanidine groups is 1. The Bertz CT molecular complexity index is 430. The number of hydrogen-bond acceptors (Lipinski definition) is 3. The summed E-state index contributed by atoms with van der Waals surface area (Å²) in [5.41, 5.74) is 7.26. The van der Waals surface area contributed by atoms with Gasteiger partial charge in [-0.15, -0.1) is 0 Å². The van der Waals surface area contributed by atoms with E-state index in [-0.39, 0.29) is 6.04 Å². The number of hydrogen-bond donors (Lipinski definition) is 1. The summed E-state index contributed by atoms with van der Waals surface area (Å²) >= 11 is 3.61. The third kappa shape index (κ3) is 2.32. The summed E-state index contributed by atoms with van der Waals surface area (Å²) in [6.45, 7) is 5.11. The highest BCUT2D eigenvalue weighted by atomic mass is 79.9. The highest BCUT2D eigenvalue weighted by molar-refractivity contribution is 9.10. The number of nitrogens with zero attached hydrogens (tertiary/aromatic N) is 2. The van der Waals surface area contributed by atoms with Gasteiger partial charge < -0.3 is 10.6 Å². The van der Waals surface area contributed by atoms with E-state index in [1.54, 1.807) is 0 Å². The molecule has 2 N–H and O–H groups in total. The van der Waals surface area contributed by atoms with Crippen LogP contribution >= 0.6 is 15.9 Å². The lowest BCUT2D eigenvalue weighted by Gasteiger charge is -2.32. The van der Waals surface area contributed by atoms with Crippen molar-refractivity contribution in [1.29, 1.82) is 0 Å². The number of aliphatic imine (C=N–C) groups is 1. The molecule has 2 rings (SSSR count). The number of halogens is 1. The van der Waals surface area contributed by atoms with Gasteiger partial charge in [-0.05, 0) is 25.0 Å². The lowest BCUT2D eigenvalue weighted by Crippen LogP contribution is -2.42. The van der Waals surface area contributed by atoms with E-state index in [4.69, 9.17) is 5.73 Å². The Labute approximate surface area is 111 Å². The standard InChI is InChI=1S/C13H18BrN3/c1-3-9(2)17-12(8-16-13(17)15)10-6-4-5-7-11(10)14/h4-7,9,12H,3,8H2,1-2H3,(H2,15,16). The third-order valence-electron chi connectivity index (χ3n) is 3.36. The van der Waals surface area contributed by atoms with E-state index in [1.807, 2.05) is 6.07 Å². The predicted octanol–water partition coefficient (Wildman–Crippen LogP) is 2.92. The lowest BCUT2D eigenvalue weighted by atomic mass is 10.0. The highest BCUT2D eigenvalue weighted by Gasteiger charge is 2.31. The lowest BCUT2D eigenvalue weighted by molar-refractivity contribution is 0.268. The first-order chi connectivity index (χ1) is 8.15. The minimum Gasteiger partial charge on any atom is -0.370 e. The van der Waals surface area contributed by atoms with Crippen molar-refractivity contribution in [2.75, 3.05) is 6.54 Å².